The number of ether oxygens (including phenoxy) is 1. The molecule has 1 rings (SSSR count). The van der Waals surface area contributed by atoms with Gasteiger partial charge in [-0.2, -0.15) is 0 Å². The van der Waals surface area contributed by atoms with Gasteiger partial charge in [-0.25, -0.2) is 0 Å². The van der Waals surface area contributed by atoms with E-state index in [-0.39, 0.29) is 0 Å². The van der Waals surface area contributed by atoms with E-state index in [2.05, 4.69) is 12.2 Å². The lowest BCUT2D eigenvalue weighted by atomic mass is 10.1. The molecular formula is C12H26N2O. The molecule has 2 atom stereocenters. The molecule has 0 heterocycles. The minimum atomic E-state index is 0.479. The maximum absolute atomic E-state index is 5.53. The molecular weight excluding hydrogens is 188 g/mol. The zero-order valence-electron chi connectivity index (χ0n) is 10.2. The van der Waals surface area contributed by atoms with Crippen LogP contribution < -0.4 is 11.1 Å². The average Bonchev–Trinajstić information content (AvgIpc) is 2.98. The first-order valence-corrected chi connectivity index (χ1v) is 6.21. The SMILES string of the molecule is COCC(CCCN)NC(C)CC1CC1. The van der Waals surface area contributed by atoms with E-state index in [1.54, 1.807) is 7.11 Å². The summed E-state index contributed by atoms with van der Waals surface area (Å²) in [6, 6.07) is 1.10. The largest absolute Gasteiger partial charge is 0.383 e. The highest BCUT2D eigenvalue weighted by atomic mass is 16.5. The molecule has 0 amide bonds. The van der Waals surface area contributed by atoms with Crippen molar-refractivity contribution in [1.82, 2.24) is 5.32 Å². The Bertz CT molecular complexity index is 160. The maximum Gasteiger partial charge on any atom is 0.0615 e. The number of nitrogens with two attached hydrogens (primary N) is 1. The molecule has 1 fully saturated rings. The van der Waals surface area contributed by atoms with E-state index in [9.17, 15) is 0 Å². The van der Waals surface area contributed by atoms with Crippen LogP contribution in [-0.4, -0.2) is 32.3 Å². The second kappa shape index (κ2) is 7.20. The molecule has 0 radical (unpaired) electrons. The first-order chi connectivity index (χ1) is 7.26. The lowest BCUT2D eigenvalue weighted by molar-refractivity contribution is 0.155. The number of nitrogens with one attached hydrogen (secondary N) is 1. The first-order valence-electron chi connectivity index (χ1n) is 6.21. The Balaban J connectivity index is 2.14. The van der Waals surface area contributed by atoms with Gasteiger partial charge in [-0.05, 0) is 38.6 Å². The van der Waals surface area contributed by atoms with E-state index in [1.165, 1.54) is 19.3 Å². The molecule has 3 nitrogen and oxygen atoms in total. The Morgan fingerprint density at radius 1 is 1.47 bits per heavy atom. The van der Waals surface area contributed by atoms with Crippen LogP contribution in [0.3, 0.4) is 0 Å². The van der Waals surface area contributed by atoms with Crippen LogP contribution in [-0.2, 0) is 4.74 Å². The van der Waals surface area contributed by atoms with Gasteiger partial charge >= 0.3 is 0 Å². The van der Waals surface area contributed by atoms with Crippen molar-refractivity contribution in [3.63, 3.8) is 0 Å². The Morgan fingerprint density at radius 3 is 2.73 bits per heavy atom. The third kappa shape index (κ3) is 6.13. The van der Waals surface area contributed by atoms with Crippen LogP contribution in [0.2, 0.25) is 0 Å². The molecule has 0 bridgehead atoms. The Labute approximate surface area is 93.8 Å². The summed E-state index contributed by atoms with van der Waals surface area (Å²) in [4.78, 5) is 0. The molecule has 1 aliphatic carbocycles. The fraction of sp³-hybridized carbons (Fsp3) is 1.00. The van der Waals surface area contributed by atoms with Crippen LogP contribution in [0.1, 0.15) is 39.0 Å². The van der Waals surface area contributed by atoms with Gasteiger partial charge in [-0.1, -0.05) is 12.8 Å². The van der Waals surface area contributed by atoms with E-state index in [1.807, 2.05) is 0 Å². The number of hydrogen-bond acceptors (Lipinski definition) is 3. The summed E-state index contributed by atoms with van der Waals surface area (Å²) in [6.07, 6.45) is 6.40. The molecule has 0 aromatic carbocycles. The summed E-state index contributed by atoms with van der Waals surface area (Å²) in [6.45, 7) is 3.86. The quantitative estimate of drug-likeness (QED) is 0.612. The molecule has 90 valence electrons. The van der Waals surface area contributed by atoms with Crippen LogP contribution >= 0.6 is 0 Å². The monoisotopic (exact) mass is 214 g/mol. The third-order valence-corrected chi connectivity index (χ3v) is 3.03. The second-order valence-electron chi connectivity index (χ2n) is 4.83. The van der Waals surface area contributed by atoms with Gasteiger partial charge in [0, 0.05) is 19.2 Å². The van der Waals surface area contributed by atoms with Crippen LogP contribution in [0.25, 0.3) is 0 Å². The summed E-state index contributed by atoms with van der Waals surface area (Å²) in [7, 11) is 1.77. The van der Waals surface area contributed by atoms with Gasteiger partial charge in [0.25, 0.3) is 0 Å². The lowest BCUT2D eigenvalue weighted by Crippen LogP contribution is -2.40. The van der Waals surface area contributed by atoms with E-state index in [0.717, 1.165) is 31.9 Å². The highest BCUT2D eigenvalue weighted by Crippen LogP contribution is 2.33. The Kier molecular flexibility index (Phi) is 6.22. The molecule has 0 saturated heterocycles. The molecule has 0 aromatic heterocycles. The summed E-state index contributed by atoms with van der Waals surface area (Å²) in [5.41, 5.74) is 5.53. The van der Waals surface area contributed by atoms with Gasteiger partial charge in [-0.3, -0.25) is 0 Å². The van der Waals surface area contributed by atoms with Gasteiger partial charge in [-0.15, -0.1) is 0 Å². The highest BCUT2D eigenvalue weighted by Gasteiger charge is 2.24. The molecule has 3 heteroatoms. The standard InChI is InChI=1S/C12H26N2O/c1-10(8-11-5-6-11)14-12(9-15-2)4-3-7-13/h10-12,14H,3-9,13H2,1-2H3. The zero-order chi connectivity index (χ0) is 11.1. The normalized spacial score (nSPS) is 20.2. The van der Waals surface area contributed by atoms with Gasteiger partial charge in [0.05, 0.1) is 6.61 Å². The third-order valence-electron chi connectivity index (χ3n) is 3.03. The lowest BCUT2D eigenvalue weighted by Gasteiger charge is -2.22. The van der Waals surface area contributed by atoms with Crippen molar-refractivity contribution in [2.75, 3.05) is 20.3 Å². The maximum atomic E-state index is 5.53. The van der Waals surface area contributed by atoms with Crippen molar-refractivity contribution in [2.45, 2.75) is 51.1 Å². The van der Waals surface area contributed by atoms with Crippen molar-refractivity contribution in [2.24, 2.45) is 11.7 Å². The fourth-order valence-corrected chi connectivity index (χ4v) is 2.10. The predicted molar refractivity (Wildman–Crippen MR) is 63.9 cm³/mol. The molecule has 3 N–H and O–H groups in total. The average molecular weight is 214 g/mol. The topological polar surface area (TPSA) is 47.3 Å². The predicted octanol–water partition coefficient (Wildman–Crippen LogP) is 1.52. The van der Waals surface area contributed by atoms with Gasteiger partial charge < -0.3 is 15.8 Å². The molecule has 15 heavy (non-hydrogen) atoms. The summed E-state index contributed by atoms with van der Waals surface area (Å²) in [5.74, 6) is 0.991. The van der Waals surface area contributed by atoms with Gasteiger partial charge in [0.15, 0.2) is 0 Å². The van der Waals surface area contributed by atoms with Crippen LogP contribution in [0.4, 0.5) is 0 Å². The summed E-state index contributed by atoms with van der Waals surface area (Å²) in [5, 5.41) is 3.64. The summed E-state index contributed by atoms with van der Waals surface area (Å²) >= 11 is 0. The van der Waals surface area contributed by atoms with Crippen molar-refractivity contribution < 1.29 is 4.74 Å². The van der Waals surface area contributed by atoms with Gasteiger partial charge in [0.1, 0.15) is 0 Å². The Hall–Kier alpha value is -0.120. The number of rotatable bonds is 9. The zero-order valence-corrected chi connectivity index (χ0v) is 10.2. The minimum Gasteiger partial charge on any atom is -0.383 e. The van der Waals surface area contributed by atoms with Crippen molar-refractivity contribution >= 4 is 0 Å². The second-order valence-corrected chi connectivity index (χ2v) is 4.83. The van der Waals surface area contributed by atoms with E-state index < -0.39 is 0 Å². The van der Waals surface area contributed by atoms with E-state index in [0.29, 0.717) is 12.1 Å². The number of methoxy groups -OCH3 is 1. The van der Waals surface area contributed by atoms with Crippen molar-refractivity contribution in [3.05, 3.63) is 0 Å². The minimum absolute atomic E-state index is 0.479. The molecule has 0 spiro atoms. The molecule has 0 aliphatic heterocycles. The van der Waals surface area contributed by atoms with E-state index >= 15 is 0 Å². The summed E-state index contributed by atoms with van der Waals surface area (Å²) < 4.78 is 5.22. The molecule has 1 saturated carbocycles. The van der Waals surface area contributed by atoms with Crippen LogP contribution in [0.5, 0.6) is 0 Å². The van der Waals surface area contributed by atoms with Crippen LogP contribution in [0, 0.1) is 5.92 Å². The van der Waals surface area contributed by atoms with Crippen molar-refractivity contribution in [1.29, 1.82) is 0 Å². The van der Waals surface area contributed by atoms with Gasteiger partial charge in [0.2, 0.25) is 0 Å². The molecule has 0 aromatic rings. The molecule has 2 unspecified atom stereocenters. The Morgan fingerprint density at radius 2 is 2.20 bits per heavy atom. The smallest absolute Gasteiger partial charge is 0.0615 e. The highest BCUT2D eigenvalue weighted by molar-refractivity contribution is 4.80. The molecule has 1 aliphatic rings. The van der Waals surface area contributed by atoms with Crippen molar-refractivity contribution in [3.8, 4) is 0 Å². The van der Waals surface area contributed by atoms with Crippen LogP contribution in [0.15, 0.2) is 0 Å². The van der Waals surface area contributed by atoms with E-state index in [4.69, 9.17) is 10.5 Å². The fourth-order valence-electron chi connectivity index (χ4n) is 2.10. The first kappa shape index (κ1) is 12.9. The number of hydrogen-bond donors (Lipinski definition) is 2.